The van der Waals surface area contributed by atoms with Crippen LogP contribution in [0.15, 0.2) is 30.5 Å². The molecule has 16 heavy (non-hydrogen) atoms. The lowest BCUT2D eigenvalue weighted by atomic mass is 10.2. The molecule has 0 unspecified atom stereocenters. The number of halogens is 2. The van der Waals surface area contributed by atoms with Crippen LogP contribution in [0.1, 0.15) is 5.56 Å². The number of nitrogens with zero attached hydrogens (tertiary/aromatic N) is 2. The summed E-state index contributed by atoms with van der Waals surface area (Å²) in [7, 11) is 0. The first-order valence-electron chi connectivity index (χ1n) is 4.51. The average molecular weight is 254 g/mol. The predicted molar refractivity (Wildman–Crippen MR) is 61.7 cm³/mol. The molecule has 5 heteroatoms. The maximum atomic E-state index is 5.87. The van der Waals surface area contributed by atoms with Crippen LogP contribution in [-0.2, 0) is 6.61 Å². The summed E-state index contributed by atoms with van der Waals surface area (Å²) < 4.78 is 5.33. The number of ether oxygens (including phenoxy) is 1. The zero-order chi connectivity index (χ0) is 11.4. The van der Waals surface area contributed by atoms with Gasteiger partial charge in [0.2, 0.25) is 0 Å². The molecule has 0 saturated heterocycles. The van der Waals surface area contributed by atoms with Crippen LogP contribution in [0.2, 0.25) is 10.0 Å². The molecule has 1 aromatic carbocycles. The summed E-state index contributed by atoms with van der Waals surface area (Å²) in [4.78, 5) is 7.73. The van der Waals surface area contributed by atoms with E-state index in [4.69, 9.17) is 27.9 Å². The fourth-order valence-corrected chi connectivity index (χ4v) is 1.42. The third-order valence-corrected chi connectivity index (χ3v) is 2.59. The second-order valence-corrected chi connectivity index (χ2v) is 3.82. The van der Waals surface area contributed by atoms with Gasteiger partial charge >= 0.3 is 6.01 Å². The minimum absolute atomic E-state index is 0.286. The zero-order valence-corrected chi connectivity index (χ0v) is 9.66. The molecule has 1 heterocycles. The Morgan fingerprint density at radius 3 is 2.81 bits per heavy atom. The largest absolute Gasteiger partial charge is 0.459 e. The third kappa shape index (κ3) is 2.84. The first-order chi connectivity index (χ1) is 7.75. The number of aromatic nitrogens is 2. The zero-order valence-electron chi connectivity index (χ0n) is 8.15. The van der Waals surface area contributed by atoms with E-state index in [0.29, 0.717) is 16.7 Å². The molecular weight excluding hydrogens is 247 g/mol. The van der Waals surface area contributed by atoms with Gasteiger partial charge in [-0.2, -0.15) is 4.98 Å². The monoisotopic (exact) mass is 253 g/mol. The van der Waals surface area contributed by atoms with Crippen LogP contribution in [0, 0.1) is 6.20 Å². The lowest BCUT2D eigenvalue weighted by Gasteiger charge is -2.04. The summed E-state index contributed by atoms with van der Waals surface area (Å²) in [5, 5.41) is 1.03. The topological polar surface area (TPSA) is 35.0 Å². The molecule has 3 nitrogen and oxygen atoms in total. The van der Waals surface area contributed by atoms with Crippen molar-refractivity contribution in [3.8, 4) is 6.01 Å². The van der Waals surface area contributed by atoms with Gasteiger partial charge in [0.25, 0.3) is 0 Å². The Hall–Kier alpha value is -1.32. The van der Waals surface area contributed by atoms with Crippen molar-refractivity contribution >= 4 is 23.2 Å². The maximum absolute atomic E-state index is 5.87. The highest BCUT2D eigenvalue weighted by atomic mass is 35.5. The molecule has 2 aromatic rings. The average Bonchev–Trinajstić information content (AvgIpc) is 2.32. The van der Waals surface area contributed by atoms with Crippen LogP contribution < -0.4 is 4.74 Å². The molecular formula is C11H7Cl2N2O. The molecule has 0 saturated carbocycles. The van der Waals surface area contributed by atoms with Crippen molar-refractivity contribution in [1.82, 2.24) is 9.97 Å². The maximum Gasteiger partial charge on any atom is 0.317 e. The molecule has 0 aliphatic rings. The Morgan fingerprint density at radius 2 is 2.12 bits per heavy atom. The highest BCUT2D eigenvalue weighted by Gasteiger charge is 2.01. The van der Waals surface area contributed by atoms with Crippen LogP contribution in [0.3, 0.4) is 0 Å². The molecule has 1 radical (unpaired) electrons. The van der Waals surface area contributed by atoms with E-state index in [0.717, 1.165) is 5.56 Å². The van der Waals surface area contributed by atoms with Crippen molar-refractivity contribution in [2.45, 2.75) is 6.61 Å². The Morgan fingerprint density at radius 1 is 1.25 bits per heavy atom. The van der Waals surface area contributed by atoms with Crippen molar-refractivity contribution in [2.24, 2.45) is 0 Å². The van der Waals surface area contributed by atoms with Crippen LogP contribution in [-0.4, -0.2) is 9.97 Å². The number of rotatable bonds is 3. The van der Waals surface area contributed by atoms with Crippen LogP contribution >= 0.6 is 23.2 Å². The normalized spacial score (nSPS) is 10.1. The highest BCUT2D eigenvalue weighted by Crippen LogP contribution is 2.22. The second-order valence-electron chi connectivity index (χ2n) is 3.01. The molecule has 0 aliphatic heterocycles. The van der Waals surface area contributed by atoms with Gasteiger partial charge in [-0.15, -0.1) is 0 Å². The van der Waals surface area contributed by atoms with E-state index in [1.165, 1.54) is 0 Å². The first kappa shape index (κ1) is 11.2. The summed E-state index contributed by atoms with van der Waals surface area (Å²) in [5.41, 5.74) is 0.904. The standard InChI is InChI=1S/C11H7Cl2N2O/c12-9-3-2-8(6-10(9)13)7-16-11-14-4-1-5-15-11/h1-4,6H,7H2. The van der Waals surface area contributed by atoms with Crippen molar-refractivity contribution in [3.05, 3.63) is 52.3 Å². The summed E-state index contributed by atoms with van der Waals surface area (Å²) in [6.07, 6.45) is 4.20. The third-order valence-electron chi connectivity index (χ3n) is 1.85. The lowest BCUT2D eigenvalue weighted by molar-refractivity contribution is 0.280. The van der Waals surface area contributed by atoms with Crippen LogP contribution in [0.4, 0.5) is 0 Å². The van der Waals surface area contributed by atoms with Gasteiger partial charge in [-0.05, 0) is 23.8 Å². The minimum Gasteiger partial charge on any atom is -0.459 e. The molecule has 0 bridgehead atoms. The van der Waals surface area contributed by atoms with Gasteiger partial charge in [-0.25, -0.2) is 4.98 Å². The molecule has 0 N–H and O–H groups in total. The van der Waals surface area contributed by atoms with Gasteiger partial charge in [0, 0.05) is 6.20 Å². The molecule has 0 aliphatic carbocycles. The molecule has 81 valence electrons. The Labute approximate surface area is 103 Å². The molecule has 0 spiro atoms. The minimum atomic E-state index is 0.286. The first-order valence-corrected chi connectivity index (χ1v) is 5.27. The van der Waals surface area contributed by atoms with E-state index in [1.807, 2.05) is 6.07 Å². The van der Waals surface area contributed by atoms with Gasteiger partial charge in [-0.3, -0.25) is 0 Å². The van der Waals surface area contributed by atoms with Gasteiger partial charge in [0.15, 0.2) is 0 Å². The molecule has 2 rings (SSSR count). The van der Waals surface area contributed by atoms with Crippen LogP contribution in [0.25, 0.3) is 0 Å². The summed E-state index contributed by atoms with van der Waals surface area (Å²) in [6.45, 7) is 0.342. The molecule has 1 aromatic heterocycles. The second kappa shape index (κ2) is 5.14. The van der Waals surface area contributed by atoms with E-state index >= 15 is 0 Å². The predicted octanol–water partition coefficient (Wildman–Crippen LogP) is 3.16. The van der Waals surface area contributed by atoms with E-state index in [1.54, 1.807) is 24.4 Å². The van der Waals surface area contributed by atoms with Crippen molar-refractivity contribution in [1.29, 1.82) is 0 Å². The van der Waals surface area contributed by atoms with E-state index in [9.17, 15) is 0 Å². The molecule has 0 amide bonds. The fraction of sp³-hybridized carbons (Fsp3) is 0.0909. The van der Waals surface area contributed by atoms with Gasteiger partial charge in [0.1, 0.15) is 6.61 Å². The summed E-state index contributed by atoms with van der Waals surface area (Å²) >= 11 is 11.7. The highest BCUT2D eigenvalue weighted by molar-refractivity contribution is 6.42. The quantitative estimate of drug-likeness (QED) is 0.843. The van der Waals surface area contributed by atoms with Crippen molar-refractivity contribution in [3.63, 3.8) is 0 Å². The molecule has 0 atom stereocenters. The van der Waals surface area contributed by atoms with E-state index in [-0.39, 0.29) is 6.01 Å². The van der Waals surface area contributed by atoms with Gasteiger partial charge < -0.3 is 4.74 Å². The van der Waals surface area contributed by atoms with Gasteiger partial charge in [0.05, 0.1) is 16.2 Å². The number of hydrogen-bond acceptors (Lipinski definition) is 3. The van der Waals surface area contributed by atoms with Crippen molar-refractivity contribution < 1.29 is 4.74 Å². The molecule has 0 fully saturated rings. The fourth-order valence-electron chi connectivity index (χ4n) is 1.10. The van der Waals surface area contributed by atoms with Crippen molar-refractivity contribution in [2.75, 3.05) is 0 Å². The Balaban J connectivity index is 2.03. The smallest absolute Gasteiger partial charge is 0.317 e. The number of hydrogen-bond donors (Lipinski definition) is 0. The Bertz CT molecular complexity index is 477. The van der Waals surface area contributed by atoms with E-state index in [2.05, 4.69) is 16.2 Å². The number of benzene rings is 1. The lowest BCUT2D eigenvalue weighted by Crippen LogP contribution is -1.98. The van der Waals surface area contributed by atoms with E-state index < -0.39 is 0 Å². The van der Waals surface area contributed by atoms with Crippen LogP contribution in [0.5, 0.6) is 6.01 Å². The summed E-state index contributed by atoms with van der Waals surface area (Å²) in [6, 6.07) is 7.19. The SMILES string of the molecule is Clc1ccc(COc2n[c]ccn2)cc1Cl. The van der Waals surface area contributed by atoms with Gasteiger partial charge in [-0.1, -0.05) is 29.3 Å². The Kier molecular flexibility index (Phi) is 3.59. The summed E-state index contributed by atoms with van der Waals surface area (Å²) in [5.74, 6) is 0.